The molecule has 0 radical (unpaired) electrons. The first-order valence-corrected chi connectivity index (χ1v) is 7.87. The van der Waals surface area contributed by atoms with Crippen LogP contribution in [0.4, 0.5) is 11.6 Å². The van der Waals surface area contributed by atoms with Crippen LogP contribution in [0.1, 0.15) is 18.7 Å². The molecule has 9 heteroatoms. The fourth-order valence-corrected chi connectivity index (χ4v) is 3.47. The normalized spacial score (nSPS) is 30.7. The third-order valence-electron chi connectivity index (χ3n) is 4.80. The zero-order chi connectivity index (χ0) is 17.9. The second kappa shape index (κ2) is 5.33. The quantitative estimate of drug-likeness (QED) is 0.592. The van der Waals surface area contributed by atoms with E-state index in [4.69, 9.17) is 4.74 Å². The number of rotatable bonds is 2. The Balaban J connectivity index is 1.98. The molecule has 2 aromatic rings. The first kappa shape index (κ1) is 16.2. The van der Waals surface area contributed by atoms with Gasteiger partial charge in [0.05, 0.1) is 18.3 Å². The fourth-order valence-electron chi connectivity index (χ4n) is 3.47. The summed E-state index contributed by atoms with van der Waals surface area (Å²) in [6, 6.07) is 1.42. The predicted molar refractivity (Wildman–Crippen MR) is 90.1 cm³/mol. The number of aromatic nitrogens is 2. The lowest BCUT2D eigenvalue weighted by Crippen LogP contribution is -2.44. The summed E-state index contributed by atoms with van der Waals surface area (Å²) in [4.78, 5) is 20.2. The molecule has 4 rings (SSSR count). The van der Waals surface area contributed by atoms with Gasteiger partial charge in [0.2, 0.25) is 0 Å². The molecule has 1 fully saturated rings. The van der Waals surface area contributed by atoms with Crippen LogP contribution in [-0.2, 0) is 4.74 Å². The molecule has 0 saturated carbocycles. The minimum absolute atomic E-state index is 0.369. The Morgan fingerprint density at radius 3 is 2.92 bits per heavy atom. The Morgan fingerprint density at radius 2 is 2.24 bits per heavy atom. The van der Waals surface area contributed by atoms with Gasteiger partial charge in [0, 0.05) is 17.6 Å². The molecular formula is C16H18N4O5. The van der Waals surface area contributed by atoms with Gasteiger partial charge in [-0.3, -0.25) is 4.79 Å². The number of hydrogen-bond acceptors (Lipinski definition) is 8. The lowest BCUT2D eigenvalue weighted by atomic mass is 9.96. The summed E-state index contributed by atoms with van der Waals surface area (Å²) in [5.74, 6) is 0.819. The number of nitrogens with one attached hydrogen (secondary N) is 1. The molecule has 4 heterocycles. The van der Waals surface area contributed by atoms with Gasteiger partial charge in [0.25, 0.3) is 5.56 Å². The largest absolute Gasteiger partial charge is 0.394 e. The maximum atomic E-state index is 11.9. The summed E-state index contributed by atoms with van der Waals surface area (Å²) in [6.45, 7) is 2.81. The number of anilines is 1. The number of hydrogen-bond donors (Lipinski definition) is 4. The van der Waals surface area contributed by atoms with E-state index in [9.17, 15) is 20.1 Å². The highest BCUT2D eigenvalue weighted by Crippen LogP contribution is 2.44. The molecule has 0 aliphatic carbocycles. The van der Waals surface area contributed by atoms with Gasteiger partial charge in [-0.2, -0.15) is 4.98 Å². The molecule has 4 N–H and O–H groups in total. The van der Waals surface area contributed by atoms with E-state index in [0.717, 1.165) is 5.39 Å². The predicted octanol–water partition coefficient (Wildman–Crippen LogP) is -0.208. The fraction of sp³-hybridized carbons (Fsp3) is 0.438. The van der Waals surface area contributed by atoms with E-state index in [1.807, 2.05) is 0 Å². The Morgan fingerprint density at radius 1 is 1.48 bits per heavy atom. The molecular weight excluding hydrogens is 328 g/mol. The molecule has 9 nitrogen and oxygen atoms in total. The van der Waals surface area contributed by atoms with E-state index >= 15 is 0 Å². The topological polar surface area (TPSA) is 129 Å². The van der Waals surface area contributed by atoms with E-state index < -0.39 is 30.6 Å². The number of aliphatic hydroxyl groups is 3. The molecule has 1 saturated heterocycles. The summed E-state index contributed by atoms with van der Waals surface area (Å²) in [6.07, 6.45) is -0.0125. The Hall–Kier alpha value is -2.33. The second-order valence-corrected chi connectivity index (χ2v) is 6.56. The van der Waals surface area contributed by atoms with E-state index in [2.05, 4.69) is 15.3 Å². The van der Waals surface area contributed by atoms with Crippen molar-refractivity contribution in [2.75, 3.05) is 11.9 Å². The summed E-state index contributed by atoms with van der Waals surface area (Å²) in [5, 5.41) is 34.6. The molecule has 0 bridgehead atoms. The average Bonchev–Trinajstić information content (AvgIpc) is 3.00. The van der Waals surface area contributed by atoms with Crippen molar-refractivity contribution in [2.24, 2.45) is 4.99 Å². The van der Waals surface area contributed by atoms with E-state index in [1.54, 1.807) is 17.7 Å². The maximum Gasteiger partial charge on any atom is 0.271 e. The SMILES string of the molecule is Cc1cc(=O)nc2c3c(n(C4O[C@H](CO)[C@@H](O)[C@]4(C)O)cc13)N=CN2. The Labute approximate surface area is 142 Å². The molecule has 1 unspecified atom stereocenters. The lowest BCUT2D eigenvalue weighted by molar-refractivity contribution is -0.0955. The standard InChI is InChI=1S/C16H18N4O5/c1-7-3-10(22)19-13-11-8(7)4-20(14(11)18-6-17-13)15-16(2,24)12(23)9(5-21)25-15/h3-4,6,9,12,15,21,23-24H,5H2,1-2H3,(H,17,18,19,22)/t9-,12-,15?,16+/m1/s1. The van der Waals surface area contributed by atoms with Crippen LogP contribution >= 0.6 is 0 Å². The van der Waals surface area contributed by atoms with E-state index in [0.29, 0.717) is 22.6 Å². The van der Waals surface area contributed by atoms with Crippen LogP contribution < -0.4 is 10.9 Å². The van der Waals surface area contributed by atoms with Crippen molar-refractivity contribution in [2.45, 2.75) is 37.9 Å². The number of aryl methyl sites for hydroxylation is 1. The Bertz CT molecular complexity index is 952. The van der Waals surface area contributed by atoms with Gasteiger partial charge >= 0.3 is 0 Å². The van der Waals surface area contributed by atoms with Crippen LogP contribution in [0.25, 0.3) is 10.8 Å². The van der Waals surface area contributed by atoms with Crippen molar-refractivity contribution in [3.05, 3.63) is 28.2 Å². The van der Waals surface area contributed by atoms with Gasteiger partial charge in [-0.25, -0.2) is 4.99 Å². The van der Waals surface area contributed by atoms with Gasteiger partial charge < -0.3 is 29.9 Å². The first-order chi connectivity index (χ1) is 11.8. The van der Waals surface area contributed by atoms with Crippen molar-refractivity contribution in [1.29, 1.82) is 0 Å². The van der Waals surface area contributed by atoms with Crippen LogP contribution in [0.3, 0.4) is 0 Å². The summed E-state index contributed by atoms with van der Waals surface area (Å²) < 4.78 is 7.28. The van der Waals surface area contributed by atoms with Gasteiger partial charge in [0.1, 0.15) is 29.4 Å². The molecule has 2 aliphatic heterocycles. The number of aliphatic hydroxyl groups excluding tert-OH is 2. The van der Waals surface area contributed by atoms with Crippen LogP contribution in [-0.4, -0.2) is 55.6 Å². The van der Waals surface area contributed by atoms with Gasteiger partial charge in [-0.15, -0.1) is 0 Å². The minimum atomic E-state index is -1.63. The molecule has 0 amide bonds. The molecule has 4 atom stereocenters. The molecule has 2 aromatic heterocycles. The average molecular weight is 346 g/mol. The van der Waals surface area contributed by atoms with Gasteiger partial charge in [-0.05, 0) is 19.4 Å². The number of ether oxygens (including phenoxy) is 1. The van der Waals surface area contributed by atoms with Crippen molar-refractivity contribution < 1.29 is 20.1 Å². The third-order valence-corrected chi connectivity index (χ3v) is 4.80. The molecule has 0 aromatic carbocycles. The summed E-state index contributed by atoms with van der Waals surface area (Å²) >= 11 is 0. The summed E-state index contributed by atoms with van der Waals surface area (Å²) in [7, 11) is 0. The molecule has 132 valence electrons. The number of aliphatic imine (C=N–C) groups is 1. The van der Waals surface area contributed by atoms with Crippen LogP contribution in [0.2, 0.25) is 0 Å². The van der Waals surface area contributed by atoms with E-state index in [-0.39, 0.29) is 5.56 Å². The van der Waals surface area contributed by atoms with Crippen LogP contribution in [0, 0.1) is 6.92 Å². The third kappa shape index (κ3) is 2.20. The highest BCUT2D eigenvalue weighted by atomic mass is 16.6. The van der Waals surface area contributed by atoms with Gasteiger partial charge in [-0.1, -0.05) is 0 Å². The molecule has 2 aliphatic rings. The smallest absolute Gasteiger partial charge is 0.271 e. The van der Waals surface area contributed by atoms with Crippen molar-refractivity contribution in [3.8, 4) is 0 Å². The highest BCUT2D eigenvalue weighted by Gasteiger charge is 2.53. The zero-order valence-electron chi connectivity index (χ0n) is 13.7. The van der Waals surface area contributed by atoms with Crippen molar-refractivity contribution in [1.82, 2.24) is 9.55 Å². The summed E-state index contributed by atoms with van der Waals surface area (Å²) in [5.41, 5.74) is -1.30. The monoisotopic (exact) mass is 346 g/mol. The zero-order valence-corrected chi connectivity index (χ0v) is 13.7. The van der Waals surface area contributed by atoms with Crippen molar-refractivity contribution >= 4 is 28.7 Å². The lowest BCUT2D eigenvalue weighted by Gasteiger charge is -2.28. The number of nitrogens with zero attached hydrogens (tertiary/aromatic N) is 3. The molecule has 0 spiro atoms. The van der Waals surface area contributed by atoms with Crippen LogP contribution in [0.5, 0.6) is 0 Å². The Kier molecular flexibility index (Phi) is 3.45. The maximum absolute atomic E-state index is 11.9. The van der Waals surface area contributed by atoms with Crippen LogP contribution in [0.15, 0.2) is 22.1 Å². The van der Waals surface area contributed by atoms with E-state index in [1.165, 1.54) is 19.3 Å². The van der Waals surface area contributed by atoms with Crippen molar-refractivity contribution in [3.63, 3.8) is 0 Å². The molecule has 25 heavy (non-hydrogen) atoms. The van der Waals surface area contributed by atoms with Gasteiger partial charge in [0.15, 0.2) is 6.23 Å². The minimum Gasteiger partial charge on any atom is -0.394 e. The first-order valence-electron chi connectivity index (χ1n) is 7.87. The second-order valence-electron chi connectivity index (χ2n) is 6.56. The highest BCUT2D eigenvalue weighted by molar-refractivity contribution is 6.07.